The Morgan fingerprint density at radius 2 is 1.84 bits per heavy atom. The van der Waals surface area contributed by atoms with Crippen LogP contribution in [-0.4, -0.2) is 10.5 Å². The van der Waals surface area contributed by atoms with E-state index in [1.165, 1.54) is 4.57 Å². The van der Waals surface area contributed by atoms with Crippen molar-refractivity contribution >= 4 is 23.2 Å². The lowest BCUT2D eigenvalue weighted by atomic mass is 10.2. The molecule has 0 saturated carbocycles. The summed E-state index contributed by atoms with van der Waals surface area (Å²) < 4.78 is 1.42. The van der Waals surface area contributed by atoms with Gasteiger partial charge in [-0.15, -0.1) is 0 Å². The molecule has 0 aliphatic rings. The molecule has 1 aromatic heterocycles. The Labute approximate surface area is 115 Å². The minimum Gasteiger partial charge on any atom is -0.317 e. The summed E-state index contributed by atoms with van der Waals surface area (Å²) in [5, 5.41) is 3.20. The number of aryl methyl sites for hydroxylation is 2. The number of amides is 1. The summed E-state index contributed by atoms with van der Waals surface area (Å²) in [4.78, 5) is 24.0. The summed E-state index contributed by atoms with van der Waals surface area (Å²) in [7, 11) is 1.64. The van der Waals surface area contributed by atoms with E-state index in [0.29, 0.717) is 16.3 Å². The van der Waals surface area contributed by atoms with Crippen LogP contribution < -0.4 is 10.9 Å². The molecule has 1 N–H and O–H groups in total. The molecule has 98 valence electrons. The number of aromatic nitrogens is 1. The third-order valence-electron chi connectivity index (χ3n) is 2.82. The molecule has 0 aliphatic heterocycles. The Morgan fingerprint density at radius 1 is 1.21 bits per heavy atom. The summed E-state index contributed by atoms with van der Waals surface area (Å²) in [6, 6.07) is 8.26. The van der Waals surface area contributed by atoms with E-state index >= 15 is 0 Å². The minimum atomic E-state index is -0.330. The second-order valence-corrected chi connectivity index (χ2v) is 4.69. The molecule has 2 aromatic rings. The van der Waals surface area contributed by atoms with Gasteiger partial charge in [0.05, 0.1) is 0 Å². The Hall–Kier alpha value is -2.07. The van der Waals surface area contributed by atoms with Gasteiger partial charge in [0.2, 0.25) is 0 Å². The highest BCUT2D eigenvalue weighted by molar-refractivity contribution is 6.30. The monoisotopic (exact) mass is 276 g/mol. The van der Waals surface area contributed by atoms with Gasteiger partial charge in [0.15, 0.2) is 0 Å². The van der Waals surface area contributed by atoms with Gasteiger partial charge in [0, 0.05) is 23.8 Å². The van der Waals surface area contributed by atoms with Gasteiger partial charge in [-0.25, -0.2) is 0 Å². The first kappa shape index (κ1) is 13.4. The van der Waals surface area contributed by atoms with Crippen molar-refractivity contribution in [2.75, 3.05) is 5.32 Å². The second-order valence-electron chi connectivity index (χ2n) is 4.25. The first-order valence-corrected chi connectivity index (χ1v) is 6.10. The first-order chi connectivity index (χ1) is 8.99. The highest BCUT2D eigenvalue weighted by Crippen LogP contribution is 2.12. The SMILES string of the molecule is Cc1ccn(C)c(=O)c1NC(=O)c1ccc(Cl)cc1. The van der Waals surface area contributed by atoms with Crippen LogP contribution >= 0.6 is 11.6 Å². The molecule has 0 fully saturated rings. The summed E-state index contributed by atoms with van der Waals surface area (Å²) in [6.07, 6.45) is 1.66. The number of nitrogens with one attached hydrogen (secondary N) is 1. The van der Waals surface area contributed by atoms with Crippen molar-refractivity contribution in [3.8, 4) is 0 Å². The van der Waals surface area contributed by atoms with Crippen LogP contribution in [0.1, 0.15) is 15.9 Å². The van der Waals surface area contributed by atoms with E-state index in [1.54, 1.807) is 50.5 Å². The normalized spacial score (nSPS) is 10.3. The number of carbonyl (C=O) groups is 1. The fourth-order valence-corrected chi connectivity index (χ4v) is 1.78. The highest BCUT2D eigenvalue weighted by Gasteiger charge is 2.11. The Balaban J connectivity index is 2.32. The van der Waals surface area contributed by atoms with E-state index in [2.05, 4.69) is 5.32 Å². The third-order valence-corrected chi connectivity index (χ3v) is 3.07. The van der Waals surface area contributed by atoms with E-state index in [9.17, 15) is 9.59 Å². The zero-order valence-electron chi connectivity index (χ0n) is 10.6. The molecule has 0 spiro atoms. The lowest BCUT2D eigenvalue weighted by Gasteiger charge is -2.09. The molecule has 5 heteroatoms. The third kappa shape index (κ3) is 2.85. The molecule has 1 aromatic carbocycles. The lowest BCUT2D eigenvalue weighted by Crippen LogP contribution is -2.25. The zero-order chi connectivity index (χ0) is 14.0. The van der Waals surface area contributed by atoms with E-state index in [1.807, 2.05) is 0 Å². The smallest absolute Gasteiger partial charge is 0.274 e. The predicted octanol–water partition coefficient (Wildman–Crippen LogP) is 2.60. The maximum absolute atomic E-state index is 12.0. The predicted molar refractivity (Wildman–Crippen MR) is 75.8 cm³/mol. The number of halogens is 1. The molecule has 0 bridgehead atoms. The van der Waals surface area contributed by atoms with Gasteiger partial charge < -0.3 is 9.88 Å². The number of pyridine rings is 1. The van der Waals surface area contributed by atoms with Crippen LogP contribution in [0.5, 0.6) is 0 Å². The van der Waals surface area contributed by atoms with Gasteiger partial charge in [-0.05, 0) is 42.8 Å². The lowest BCUT2D eigenvalue weighted by molar-refractivity contribution is 0.102. The topological polar surface area (TPSA) is 51.1 Å². The van der Waals surface area contributed by atoms with Crippen LogP contribution in [0.4, 0.5) is 5.69 Å². The standard InChI is InChI=1S/C14H13ClN2O2/c1-9-7-8-17(2)14(19)12(9)16-13(18)10-3-5-11(15)6-4-10/h3-8H,1-2H3,(H,16,18). The highest BCUT2D eigenvalue weighted by atomic mass is 35.5. The summed E-state index contributed by atoms with van der Waals surface area (Å²) >= 11 is 5.76. The maximum atomic E-state index is 12.0. The van der Waals surface area contributed by atoms with Crippen molar-refractivity contribution in [2.24, 2.45) is 7.05 Å². The molecular weight excluding hydrogens is 264 g/mol. The molecule has 0 unspecified atom stereocenters. The fraction of sp³-hybridized carbons (Fsp3) is 0.143. The number of hydrogen-bond acceptors (Lipinski definition) is 2. The largest absolute Gasteiger partial charge is 0.317 e. The van der Waals surface area contributed by atoms with Crippen LogP contribution in [-0.2, 0) is 7.05 Å². The Bertz CT molecular complexity index is 675. The number of benzene rings is 1. The van der Waals surface area contributed by atoms with Gasteiger partial charge in [-0.3, -0.25) is 9.59 Å². The van der Waals surface area contributed by atoms with Gasteiger partial charge in [0.1, 0.15) is 5.69 Å². The fourth-order valence-electron chi connectivity index (χ4n) is 1.66. The van der Waals surface area contributed by atoms with Crippen LogP contribution in [0.3, 0.4) is 0 Å². The summed E-state index contributed by atoms with van der Waals surface area (Å²) in [5.74, 6) is -0.330. The van der Waals surface area contributed by atoms with Crippen LogP contribution in [0, 0.1) is 6.92 Å². The molecule has 1 amide bonds. The molecule has 0 saturated heterocycles. The van der Waals surface area contributed by atoms with E-state index < -0.39 is 0 Å². The summed E-state index contributed by atoms with van der Waals surface area (Å²) in [6.45, 7) is 1.78. The molecule has 1 heterocycles. The van der Waals surface area contributed by atoms with Crippen molar-refractivity contribution in [1.82, 2.24) is 4.57 Å². The van der Waals surface area contributed by atoms with Crippen LogP contribution in [0.2, 0.25) is 5.02 Å². The van der Waals surface area contributed by atoms with E-state index in [4.69, 9.17) is 11.6 Å². The average molecular weight is 277 g/mol. The number of anilines is 1. The van der Waals surface area contributed by atoms with E-state index in [0.717, 1.165) is 5.56 Å². The number of rotatable bonds is 2. The zero-order valence-corrected chi connectivity index (χ0v) is 11.4. The van der Waals surface area contributed by atoms with Gasteiger partial charge in [-0.2, -0.15) is 0 Å². The van der Waals surface area contributed by atoms with Crippen molar-refractivity contribution in [2.45, 2.75) is 6.92 Å². The van der Waals surface area contributed by atoms with E-state index in [-0.39, 0.29) is 11.5 Å². The average Bonchev–Trinajstić information content (AvgIpc) is 2.40. The van der Waals surface area contributed by atoms with Gasteiger partial charge in [0.25, 0.3) is 11.5 Å². The molecule has 0 aliphatic carbocycles. The second kappa shape index (κ2) is 5.28. The molecule has 4 nitrogen and oxygen atoms in total. The molecule has 2 rings (SSSR count). The van der Waals surface area contributed by atoms with Crippen molar-refractivity contribution < 1.29 is 4.79 Å². The number of hydrogen-bond donors (Lipinski definition) is 1. The van der Waals surface area contributed by atoms with Crippen molar-refractivity contribution in [3.05, 3.63) is 63.0 Å². The maximum Gasteiger partial charge on any atom is 0.274 e. The molecule has 0 radical (unpaired) electrons. The van der Waals surface area contributed by atoms with Gasteiger partial charge >= 0.3 is 0 Å². The van der Waals surface area contributed by atoms with Gasteiger partial charge in [-0.1, -0.05) is 11.6 Å². The molecular formula is C14H13ClN2O2. The number of carbonyl (C=O) groups excluding carboxylic acids is 1. The first-order valence-electron chi connectivity index (χ1n) is 5.72. The number of nitrogens with zero attached hydrogens (tertiary/aromatic N) is 1. The minimum absolute atomic E-state index is 0.234. The van der Waals surface area contributed by atoms with Crippen molar-refractivity contribution in [3.63, 3.8) is 0 Å². The van der Waals surface area contributed by atoms with Crippen LogP contribution in [0.15, 0.2) is 41.3 Å². The van der Waals surface area contributed by atoms with Crippen molar-refractivity contribution in [1.29, 1.82) is 0 Å². The molecule has 0 atom stereocenters. The Morgan fingerprint density at radius 3 is 2.47 bits per heavy atom. The quantitative estimate of drug-likeness (QED) is 0.917. The Kier molecular flexibility index (Phi) is 3.71. The molecule has 19 heavy (non-hydrogen) atoms. The van der Waals surface area contributed by atoms with Crippen LogP contribution in [0.25, 0.3) is 0 Å². The summed E-state index contributed by atoms with van der Waals surface area (Å²) in [5.41, 5.74) is 1.24.